The summed E-state index contributed by atoms with van der Waals surface area (Å²) in [6, 6.07) is 4.85. The van der Waals surface area contributed by atoms with Gasteiger partial charge in [-0.3, -0.25) is 0 Å². The van der Waals surface area contributed by atoms with Crippen molar-refractivity contribution in [2.75, 3.05) is 25.1 Å². The van der Waals surface area contributed by atoms with E-state index >= 15 is 0 Å². The Morgan fingerprint density at radius 2 is 2.28 bits per heavy atom. The number of pyridine rings is 1. The SMILES string of the molecule is CNCc1ccc(N(CCCO)C2CCC2)nc1. The van der Waals surface area contributed by atoms with Crippen molar-refractivity contribution in [2.24, 2.45) is 0 Å². The molecule has 0 bridgehead atoms. The summed E-state index contributed by atoms with van der Waals surface area (Å²) in [5, 5.41) is 12.1. The predicted molar refractivity (Wildman–Crippen MR) is 73.7 cm³/mol. The van der Waals surface area contributed by atoms with Crippen LogP contribution in [0.1, 0.15) is 31.2 Å². The van der Waals surface area contributed by atoms with Crippen LogP contribution in [-0.4, -0.2) is 36.3 Å². The number of rotatable bonds is 7. The lowest BCUT2D eigenvalue weighted by atomic mass is 9.91. The second-order valence-corrected chi connectivity index (χ2v) is 4.91. The Balaban J connectivity index is 2.03. The van der Waals surface area contributed by atoms with Gasteiger partial charge in [0, 0.05) is 31.9 Å². The molecule has 1 heterocycles. The van der Waals surface area contributed by atoms with E-state index in [1.54, 1.807) is 0 Å². The molecule has 0 atom stereocenters. The number of nitrogens with one attached hydrogen (secondary N) is 1. The molecule has 1 saturated carbocycles. The zero-order valence-electron chi connectivity index (χ0n) is 11.1. The van der Waals surface area contributed by atoms with Crippen LogP contribution in [0.2, 0.25) is 0 Å². The number of hydrogen-bond donors (Lipinski definition) is 2. The fourth-order valence-corrected chi connectivity index (χ4v) is 2.32. The van der Waals surface area contributed by atoms with Gasteiger partial charge in [0.15, 0.2) is 0 Å². The number of aliphatic hydroxyl groups is 1. The lowest BCUT2D eigenvalue weighted by Gasteiger charge is -2.38. The summed E-state index contributed by atoms with van der Waals surface area (Å²) >= 11 is 0. The minimum Gasteiger partial charge on any atom is -0.396 e. The van der Waals surface area contributed by atoms with Gasteiger partial charge in [-0.05, 0) is 44.4 Å². The lowest BCUT2D eigenvalue weighted by Crippen LogP contribution is -2.41. The van der Waals surface area contributed by atoms with Crippen LogP contribution in [0.3, 0.4) is 0 Å². The van der Waals surface area contributed by atoms with Gasteiger partial charge in [0.05, 0.1) is 0 Å². The van der Waals surface area contributed by atoms with Gasteiger partial charge in [-0.1, -0.05) is 6.07 Å². The number of aliphatic hydroxyl groups excluding tert-OH is 1. The fraction of sp³-hybridized carbons (Fsp3) is 0.643. The minimum atomic E-state index is 0.251. The molecular weight excluding hydrogens is 226 g/mol. The summed E-state index contributed by atoms with van der Waals surface area (Å²) in [6.07, 6.45) is 6.59. The fourth-order valence-electron chi connectivity index (χ4n) is 2.32. The molecule has 1 aromatic heterocycles. The van der Waals surface area contributed by atoms with E-state index in [-0.39, 0.29) is 6.61 Å². The van der Waals surface area contributed by atoms with Crippen LogP contribution in [0.25, 0.3) is 0 Å². The topological polar surface area (TPSA) is 48.4 Å². The van der Waals surface area contributed by atoms with Crippen molar-refractivity contribution >= 4 is 5.82 Å². The van der Waals surface area contributed by atoms with E-state index < -0.39 is 0 Å². The molecule has 0 saturated heterocycles. The van der Waals surface area contributed by atoms with Gasteiger partial charge in [-0.25, -0.2) is 4.98 Å². The molecule has 0 radical (unpaired) electrons. The second kappa shape index (κ2) is 6.71. The Bertz CT molecular complexity index is 349. The Morgan fingerprint density at radius 3 is 2.78 bits per heavy atom. The third-order valence-corrected chi connectivity index (χ3v) is 3.56. The van der Waals surface area contributed by atoms with Crippen LogP contribution in [0.5, 0.6) is 0 Å². The van der Waals surface area contributed by atoms with Crippen molar-refractivity contribution in [2.45, 2.75) is 38.3 Å². The average Bonchev–Trinajstić information content (AvgIpc) is 2.33. The second-order valence-electron chi connectivity index (χ2n) is 4.91. The molecule has 0 aromatic carbocycles. The maximum absolute atomic E-state index is 8.99. The van der Waals surface area contributed by atoms with Gasteiger partial charge in [-0.15, -0.1) is 0 Å². The first kappa shape index (κ1) is 13.3. The zero-order chi connectivity index (χ0) is 12.8. The molecule has 0 unspecified atom stereocenters. The summed E-state index contributed by atoms with van der Waals surface area (Å²) in [4.78, 5) is 6.91. The molecule has 1 aliphatic carbocycles. The van der Waals surface area contributed by atoms with Crippen molar-refractivity contribution in [3.05, 3.63) is 23.9 Å². The first-order chi connectivity index (χ1) is 8.85. The summed E-state index contributed by atoms with van der Waals surface area (Å²) in [5.41, 5.74) is 1.21. The first-order valence-corrected chi connectivity index (χ1v) is 6.82. The maximum Gasteiger partial charge on any atom is 0.128 e. The average molecular weight is 249 g/mol. The quantitative estimate of drug-likeness (QED) is 0.769. The molecule has 4 heteroatoms. The molecule has 0 amide bonds. The highest BCUT2D eigenvalue weighted by Crippen LogP contribution is 2.28. The minimum absolute atomic E-state index is 0.251. The van der Waals surface area contributed by atoms with Gasteiger partial charge >= 0.3 is 0 Å². The van der Waals surface area contributed by atoms with Gasteiger partial charge < -0.3 is 15.3 Å². The largest absolute Gasteiger partial charge is 0.396 e. The highest BCUT2D eigenvalue weighted by Gasteiger charge is 2.25. The highest BCUT2D eigenvalue weighted by atomic mass is 16.3. The van der Waals surface area contributed by atoms with Crippen molar-refractivity contribution in [3.8, 4) is 0 Å². The molecule has 0 spiro atoms. The number of hydrogen-bond acceptors (Lipinski definition) is 4. The van der Waals surface area contributed by atoms with E-state index in [1.165, 1.54) is 24.8 Å². The molecule has 1 fully saturated rings. The van der Waals surface area contributed by atoms with E-state index in [9.17, 15) is 0 Å². The first-order valence-electron chi connectivity index (χ1n) is 6.82. The molecule has 0 aliphatic heterocycles. The van der Waals surface area contributed by atoms with Crippen LogP contribution in [0, 0.1) is 0 Å². The van der Waals surface area contributed by atoms with E-state index in [1.807, 2.05) is 13.2 Å². The van der Waals surface area contributed by atoms with Gasteiger partial charge in [0.25, 0.3) is 0 Å². The van der Waals surface area contributed by atoms with Crippen molar-refractivity contribution in [1.29, 1.82) is 0 Å². The Labute approximate surface area is 109 Å². The molecule has 2 N–H and O–H groups in total. The van der Waals surface area contributed by atoms with E-state index in [4.69, 9.17) is 5.11 Å². The molecule has 4 nitrogen and oxygen atoms in total. The predicted octanol–water partition coefficient (Wildman–Crippen LogP) is 1.54. The summed E-state index contributed by atoms with van der Waals surface area (Å²) < 4.78 is 0. The van der Waals surface area contributed by atoms with Crippen molar-refractivity contribution in [1.82, 2.24) is 10.3 Å². The lowest BCUT2D eigenvalue weighted by molar-refractivity contribution is 0.282. The van der Waals surface area contributed by atoms with Crippen LogP contribution >= 0.6 is 0 Å². The zero-order valence-corrected chi connectivity index (χ0v) is 11.1. The molecule has 1 aromatic rings. The Hall–Kier alpha value is -1.13. The Kier molecular flexibility index (Phi) is 4.96. The van der Waals surface area contributed by atoms with Crippen LogP contribution in [0.15, 0.2) is 18.3 Å². The van der Waals surface area contributed by atoms with Gasteiger partial charge in [0.2, 0.25) is 0 Å². The highest BCUT2D eigenvalue weighted by molar-refractivity contribution is 5.41. The smallest absolute Gasteiger partial charge is 0.128 e. The van der Waals surface area contributed by atoms with E-state index in [2.05, 4.69) is 27.3 Å². The van der Waals surface area contributed by atoms with Gasteiger partial charge in [-0.2, -0.15) is 0 Å². The summed E-state index contributed by atoms with van der Waals surface area (Å²) in [6.45, 7) is 2.01. The van der Waals surface area contributed by atoms with Crippen LogP contribution in [-0.2, 0) is 6.54 Å². The number of aromatic nitrogens is 1. The standard InChI is InChI=1S/C14H23N3O/c1-15-10-12-6-7-14(16-11-12)17(8-3-9-18)13-4-2-5-13/h6-7,11,13,15,18H,2-5,8-10H2,1H3. The molecule has 2 rings (SSSR count). The third-order valence-electron chi connectivity index (χ3n) is 3.56. The van der Waals surface area contributed by atoms with Crippen LogP contribution in [0.4, 0.5) is 5.82 Å². The summed E-state index contributed by atoms with van der Waals surface area (Å²) in [5.74, 6) is 1.05. The van der Waals surface area contributed by atoms with E-state index in [0.29, 0.717) is 6.04 Å². The van der Waals surface area contributed by atoms with Crippen molar-refractivity contribution < 1.29 is 5.11 Å². The number of anilines is 1. The van der Waals surface area contributed by atoms with Crippen LogP contribution < -0.4 is 10.2 Å². The molecular formula is C14H23N3O. The van der Waals surface area contributed by atoms with E-state index in [0.717, 1.165) is 25.3 Å². The third kappa shape index (κ3) is 3.21. The Morgan fingerprint density at radius 1 is 1.44 bits per heavy atom. The van der Waals surface area contributed by atoms with Crippen molar-refractivity contribution in [3.63, 3.8) is 0 Å². The maximum atomic E-state index is 8.99. The molecule has 1 aliphatic rings. The number of nitrogens with zero attached hydrogens (tertiary/aromatic N) is 2. The monoisotopic (exact) mass is 249 g/mol. The van der Waals surface area contributed by atoms with Gasteiger partial charge in [0.1, 0.15) is 5.82 Å². The molecule has 18 heavy (non-hydrogen) atoms. The summed E-state index contributed by atoms with van der Waals surface area (Å²) in [7, 11) is 1.94. The molecule has 100 valence electrons. The normalized spacial score (nSPS) is 15.4.